The molecule has 4 nitrogen and oxygen atoms in total. The van der Waals surface area contributed by atoms with E-state index in [1.54, 1.807) is 4.68 Å². The summed E-state index contributed by atoms with van der Waals surface area (Å²) in [6.45, 7) is 7.75. The lowest BCUT2D eigenvalue weighted by Crippen LogP contribution is -2.41. The second-order valence-electron chi connectivity index (χ2n) is 6.22. The van der Waals surface area contributed by atoms with E-state index in [0.717, 1.165) is 17.4 Å². The first-order chi connectivity index (χ1) is 9.10. The lowest BCUT2D eigenvalue weighted by Gasteiger charge is -2.34. The fourth-order valence-electron chi connectivity index (χ4n) is 3.62. The van der Waals surface area contributed by atoms with Crippen molar-refractivity contribution in [1.29, 1.82) is 0 Å². The van der Waals surface area contributed by atoms with E-state index in [-0.39, 0.29) is 0 Å². The van der Waals surface area contributed by atoms with Gasteiger partial charge in [0.05, 0.1) is 5.69 Å². The third kappa shape index (κ3) is 2.54. The Labute approximate surface area is 120 Å². The molecule has 1 aromatic heterocycles. The highest BCUT2D eigenvalue weighted by molar-refractivity contribution is 6.30. The average molecular weight is 283 g/mol. The molecule has 106 valence electrons. The molecule has 19 heavy (non-hydrogen) atoms. The molecule has 3 rings (SSSR count). The van der Waals surface area contributed by atoms with Crippen molar-refractivity contribution in [3.63, 3.8) is 0 Å². The van der Waals surface area contributed by atoms with Crippen LogP contribution in [0.5, 0.6) is 0 Å². The first-order valence-electron chi connectivity index (χ1n) is 7.21. The number of aryl methyl sites for hydroxylation is 2. The fourth-order valence-corrected chi connectivity index (χ4v) is 3.85. The van der Waals surface area contributed by atoms with Gasteiger partial charge in [0.25, 0.3) is 0 Å². The zero-order chi connectivity index (χ0) is 13.5. The van der Waals surface area contributed by atoms with Crippen molar-refractivity contribution in [3.05, 3.63) is 16.4 Å². The third-order valence-corrected chi connectivity index (χ3v) is 5.20. The summed E-state index contributed by atoms with van der Waals surface area (Å²) in [6.07, 6.45) is 4.01. The Balaban J connectivity index is 1.68. The normalized spacial score (nSPS) is 28.4. The average Bonchev–Trinajstić information content (AvgIpc) is 2.88. The van der Waals surface area contributed by atoms with Crippen LogP contribution in [0.4, 0.5) is 0 Å². The molecule has 0 aromatic carbocycles. The summed E-state index contributed by atoms with van der Waals surface area (Å²) in [5.41, 5.74) is 2.78. The van der Waals surface area contributed by atoms with E-state index in [1.165, 1.54) is 51.0 Å². The van der Waals surface area contributed by atoms with E-state index in [4.69, 9.17) is 11.6 Å². The van der Waals surface area contributed by atoms with Crippen LogP contribution in [0.1, 0.15) is 30.5 Å². The highest BCUT2D eigenvalue weighted by atomic mass is 35.5. The molecule has 0 amide bonds. The van der Waals surface area contributed by atoms with Gasteiger partial charge in [0.15, 0.2) is 0 Å². The van der Waals surface area contributed by atoms with Gasteiger partial charge < -0.3 is 5.32 Å². The number of rotatable bonds is 2. The molecule has 5 heteroatoms. The van der Waals surface area contributed by atoms with Gasteiger partial charge >= 0.3 is 0 Å². The topological polar surface area (TPSA) is 33.1 Å². The molecule has 2 fully saturated rings. The van der Waals surface area contributed by atoms with Crippen molar-refractivity contribution in [2.24, 2.45) is 12.5 Å². The number of aromatic nitrogens is 2. The van der Waals surface area contributed by atoms with Crippen LogP contribution >= 0.6 is 11.6 Å². The quantitative estimate of drug-likeness (QED) is 0.900. The van der Waals surface area contributed by atoms with Gasteiger partial charge in [0, 0.05) is 32.2 Å². The Kier molecular flexibility index (Phi) is 3.58. The molecule has 0 radical (unpaired) electrons. The molecule has 1 atom stereocenters. The number of hydrogen-bond donors (Lipinski definition) is 1. The second-order valence-corrected chi connectivity index (χ2v) is 6.58. The number of nitrogens with one attached hydrogen (secondary N) is 1. The van der Waals surface area contributed by atoms with E-state index < -0.39 is 0 Å². The largest absolute Gasteiger partial charge is 0.316 e. The Morgan fingerprint density at radius 2 is 2.26 bits per heavy atom. The van der Waals surface area contributed by atoms with E-state index in [1.807, 2.05) is 7.05 Å². The summed E-state index contributed by atoms with van der Waals surface area (Å²) in [6, 6.07) is 0. The monoisotopic (exact) mass is 282 g/mol. The Hall–Kier alpha value is -0.580. The van der Waals surface area contributed by atoms with E-state index in [9.17, 15) is 0 Å². The maximum atomic E-state index is 6.33. The predicted molar refractivity (Wildman–Crippen MR) is 77.4 cm³/mol. The van der Waals surface area contributed by atoms with Crippen molar-refractivity contribution < 1.29 is 0 Å². The minimum atomic E-state index is 0.515. The van der Waals surface area contributed by atoms with Crippen LogP contribution in [0.25, 0.3) is 0 Å². The van der Waals surface area contributed by atoms with Crippen molar-refractivity contribution in [3.8, 4) is 0 Å². The molecule has 0 unspecified atom stereocenters. The molecule has 1 N–H and O–H groups in total. The summed E-state index contributed by atoms with van der Waals surface area (Å²) in [5, 5.41) is 8.75. The number of halogens is 1. The second kappa shape index (κ2) is 5.08. The fraction of sp³-hybridized carbons (Fsp3) is 0.786. The van der Waals surface area contributed by atoms with Gasteiger partial charge in [-0.15, -0.1) is 0 Å². The molecular formula is C14H23ClN4. The van der Waals surface area contributed by atoms with Gasteiger partial charge in [-0.25, -0.2) is 0 Å². The zero-order valence-corrected chi connectivity index (χ0v) is 12.6. The Morgan fingerprint density at radius 1 is 1.42 bits per heavy atom. The smallest absolute Gasteiger partial charge is 0.131 e. The van der Waals surface area contributed by atoms with E-state index in [2.05, 4.69) is 22.2 Å². The molecule has 0 aliphatic carbocycles. The Morgan fingerprint density at radius 3 is 2.89 bits per heavy atom. The van der Waals surface area contributed by atoms with Crippen LogP contribution in [-0.2, 0) is 13.6 Å². The van der Waals surface area contributed by atoms with Crippen molar-refractivity contribution in [2.75, 3.05) is 26.2 Å². The van der Waals surface area contributed by atoms with Crippen LogP contribution in [-0.4, -0.2) is 40.9 Å². The highest BCUT2D eigenvalue weighted by Crippen LogP contribution is 2.37. The highest BCUT2D eigenvalue weighted by Gasteiger charge is 2.39. The molecule has 1 aromatic rings. The lowest BCUT2D eigenvalue weighted by molar-refractivity contribution is 0.199. The number of likely N-dealkylation sites (tertiary alicyclic amines) is 1. The molecular weight excluding hydrogens is 260 g/mol. The maximum Gasteiger partial charge on any atom is 0.131 e. The van der Waals surface area contributed by atoms with Crippen molar-refractivity contribution in [1.82, 2.24) is 20.0 Å². The van der Waals surface area contributed by atoms with Gasteiger partial charge in [-0.1, -0.05) is 11.6 Å². The molecule has 2 aliphatic heterocycles. The summed E-state index contributed by atoms with van der Waals surface area (Å²) < 4.78 is 1.78. The molecule has 0 bridgehead atoms. The van der Waals surface area contributed by atoms with Crippen LogP contribution in [0.15, 0.2) is 0 Å². The van der Waals surface area contributed by atoms with Gasteiger partial charge in [0.1, 0.15) is 5.15 Å². The minimum absolute atomic E-state index is 0.515. The number of nitrogens with zero attached hydrogens (tertiary/aromatic N) is 3. The summed E-state index contributed by atoms with van der Waals surface area (Å²) in [5.74, 6) is 0. The summed E-state index contributed by atoms with van der Waals surface area (Å²) in [4.78, 5) is 2.54. The molecule has 2 aliphatic rings. The van der Waals surface area contributed by atoms with Gasteiger partial charge in [-0.05, 0) is 44.7 Å². The molecule has 0 saturated carbocycles. The molecule has 3 heterocycles. The summed E-state index contributed by atoms with van der Waals surface area (Å²) >= 11 is 6.33. The SMILES string of the molecule is Cc1nn(C)c(Cl)c1CN1CC[C@@]2(CCCNC2)C1. The lowest BCUT2D eigenvalue weighted by atomic mass is 9.80. The summed E-state index contributed by atoms with van der Waals surface area (Å²) in [7, 11) is 1.91. The minimum Gasteiger partial charge on any atom is -0.316 e. The zero-order valence-electron chi connectivity index (χ0n) is 11.9. The third-order valence-electron chi connectivity index (χ3n) is 4.73. The van der Waals surface area contributed by atoms with Crippen LogP contribution in [0.3, 0.4) is 0 Å². The molecule has 2 saturated heterocycles. The van der Waals surface area contributed by atoms with Gasteiger partial charge in [-0.2, -0.15) is 5.10 Å². The number of hydrogen-bond acceptors (Lipinski definition) is 3. The van der Waals surface area contributed by atoms with E-state index in [0.29, 0.717) is 5.41 Å². The van der Waals surface area contributed by atoms with Crippen LogP contribution < -0.4 is 5.32 Å². The first-order valence-corrected chi connectivity index (χ1v) is 7.58. The van der Waals surface area contributed by atoms with Crippen LogP contribution in [0, 0.1) is 12.3 Å². The van der Waals surface area contributed by atoms with E-state index >= 15 is 0 Å². The van der Waals surface area contributed by atoms with Gasteiger partial charge in [0.2, 0.25) is 0 Å². The number of piperidine rings is 1. The Bertz CT molecular complexity index is 462. The van der Waals surface area contributed by atoms with Crippen LogP contribution in [0.2, 0.25) is 5.15 Å². The predicted octanol–water partition coefficient (Wildman–Crippen LogP) is 1.96. The standard InChI is InChI=1S/C14H23ClN4/c1-11-12(13(15)18(2)17-11)8-19-7-5-14(10-19)4-3-6-16-9-14/h16H,3-10H2,1-2H3/t14-/m1/s1. The molecule has 1 spiro atoms. The van der Waals surface area contributed by atoms with Crippen molar-refractivity contribution >= 4 is 11.6 Å². The maximum absolute atomic E-state index is 6.33. The van der Waals surface area contributed by atoms with Gasteiger partial charge in [-0.3, -0.25) is 9.58 Å². The van der Waals surface area contributed by atoms with Crippen molar-refractivity contribution in [2.45, 2.75) is 32.7 Å². The first kappa shape index (κ1) is 13.4.